The van der Waals surface area contributed by atoms with Crippen LogP contribution in [-0.2, 0) is 10.5 Å². The van der Waals surface area contributed by atoms with Gasteiger partial charge in [-0.05, 0) is 61.2 Å². The monoisotopic (exact) mass is 575 g/mol. The molecule has 4 heterocycles. The van der Waals surface area contributed by atoms with Crippen molar-refractivity contribution in [3.63, 3.8) is 0 Å². The highest BCUT2D eigenvalue weighted by molar-refractivity contribution is 7.99. The number of nitrogens with zero attached hydrogens (tertiary/aromatic N) is 3. The van der Waals surface area contributed by atoms with E-state index < -0.39 is 5.82 Å². The molecule has 210 valence electrons. The predicted molar refractivity (Wildman–Crippen MR) is 154 cm³/mol. The van der Waals surface area contributed by atoms with Gasteiger partial charge < -0.3 is 20.2 Å². The summed E-state index contributed by atoms with van der Waals surface area (Å²) in [6.07, 6.45) is 4.82. The van der Waals surface area contributed by atoms with Gasteiger partial charge >= 0.3 is 0 Å². The average Bonchev–Trinajstić information content (AvgIpc) is 3.56. The van der Waals surface area contributed by atoms with Gasteiger partial charge in [-0.2, -0.15) is 16.9 Å². The molecular formula is C30H27F2N5O3S. The first-order valence-corrected chi connectivity index (χ1v) is 14.2. The fourth-order valence-corrected chi connectivity index (χ4v) is 5.95. The molecule has 1 aliphatic heterocycles. The highest BCUT2D eigenvalue weighted by Gasteiger charge is 2.22. The molecule has 1 aliphatic rings. The largest absolute Gasteiger partial charge is 0.436 e. The fraction of sp³-hybridized carbons (Fsp3) is 0.233. The number of para-hydroxylation sites is 1. The molecule has 0 atom stereocenters. The summed E-state index contributed by atoms with van der Waals surface area (Å²) in [7, 11) is 0. The van der Waals surface area contributed by atoms with E-state index in [1.165, 1.54) is 35.3 Å². The molecule has 1 saturated heterocycles. The molecule has 5 aromatic rings. The topological polar surface area (TPSA) is 108 Å². The second kappa shape index (κ2) is 11.3. The summed E-state index contributed by atoms with van der Waals surface area (Å²) >= 11 is 1.73. The number of nitrogen functional groups attached to an aromatic ring is 1. The smallest absolute Gasteiger partial charge is 0.219 e. The van der Waals surface area contributed by atoms with Gasteiger partial charge in [-0.3, -0.25) is 4.79 Å². The van der Waals surface area contributed by atoms with Crippen LogP contribution in [0.4, 0.5) is 14.6 Å². The Balaban J connectivity index is 1.21. The molecule has 0 radical (unpaired) electrons. The van der Waals surface area contributed by atoms with Crippen LogP contribution in [0.2, 0.25) is 0 Å². The zero-order chi connectivity index (χ0) is 28.5. The molecule has 0 aliphatic carbocycles. The van der Waals surface area contributed by atoms with Crippen molar-refractivity contribution < 1.29 is 23.0 Å². The summed E-state index contributed by atoms with van der Waals surface area (Å²) in [5.74, 6) is -0.231. The number of aromatic amines is 1. The first-order valence-electron chi connectivity index (χ1n) is 13.2. The number of fused-ring (bicyclic) bond motifs is 1. The Labute approximate surface area is 238 Å². The lowest BCUT2D eigenvalue weighted by Crippen LogP contribution is -2.17. The lowest BCUT2D eigenvalue weighted by Gasteiger charge is -2.21. The van der Waals surface area contributed by atoms with E-state index in [-0.39, 0.29) is 40.3 Å². The minimum atomic E-state index is -0.500. The number of thioether (sulfide) groups is 1. The van der Waals surface area contributed by atoms with Crippen molar-refractivity contribution in [3.05, 3.63) is 94.9 Å². The Morgan fingerprint density at radius 2 is 1.95 bits per heavy atom. The summed E-state index contributed by atoms with van der Waals surface area (Å²) in [4.78, 5) is 20.8. The molecule has 0 spiro atoms. The lowest BCUT2D eigenvalue weighted by atomic mass is 10.1. The van der Waals surface area contributed by atoms with Crippen LogP contribution in [0.1, 0.15) is 40.0 Å². The molecular weight excluding hydrogens is 548 g/mol. The number of carbonyl (C=O) groups is 1. The van der Waals surface area contributed by atoms with Crippen molar-refractivity contribution >= 4 is 34.3 Å². The maximum atomic E-state index is 14.9. The van der Waals surface area contributed by atoms with Crippen molar-refractivity contribution in [3.8, 4) is 17.3 Å². The molecule has 41 heavy (non-hydrogen) atoms. The fourth-order valence-electron chi connectivity index (χ4n) is 4.79. The molecule has 0 amide bonds. The van der Waals surface area contributed by atoms with Crippen LogP contribution in [0.25, 0.3) is 16.6 Å². The first-order chi connectivity index (χ1) is 19.9. The quantitative estimate of drug-likeness (QED) is 0.208. The third-order valence-corrected chi connectivity index (χ3v) is 8.48. The molecule has 8 nitrogen and oxygen atoms in total. The van der Waals surface area contributed by atoms with Crippen LogP contribution in [0, 0.1) is 18.6 Å². The van der Waals surface area contributed by atoms with Gasteiger partial charge in [0, 0.05) is 41.2 Å². The molecule has 0 saturated carbocycles. The Hall–Kier alpha value is -4.22. The zero-order valence-corrected chi connectivity index (χ0v) is 23.0. The van der Waals surface area contributed by atoms with Crippen LogP contribution in [0.3, 0.4) is 0 Å². The minimum absolute atomic E-state index is 0.0575. The van der Waals surface area contributed by atoms with Crippen molar-refractivity contribution in [2.45, 2.75) is 30.8 Å². The number of pyridine rings is 1. The number of rotatable bonds is 8. The van der Waals surface area contributed by atoms with Crippen molar-refractivity contribution in [2.24, 2.45) is 0 Å². The predicted octanol–water partition coefficient (Wildman–Crippen LogP) is 6.35. The number of nitrogens with one attached hydrogen (secondary N) is 1. The third-order valence-electron chi connectivity index (χ3n) is 7.06. The minimum Gasteiger partial charge on any atom is -0.436 e. The van der Waals surface area contributed by atoms with E-state index in [1.807, 2.05) is 0 Å². The van der Waals surface area contributed by atoms with E-state index in [0.717, 1.165) is 26.1 Å². The number of ether oxygens (including phenoxy) is 2. The molecule has 2 aromatic carbocycles. The normalized spacial score (nSPS) is 14.0. The molecule has 3 aromatic heterocycles. The highest BCUT2D eigenvalue weighted by atomic mass is 32.2. The van der Waals surface area contributed by atoms with Gasteiger partial charge in [0.25, 0.3) is 0 Å². The van der Waals surface area contributed by atoms with Crippen LogP contribution in [-0.4, -0.2) is 44.0 Å². The molecule has 6 rings (SSSR count). The lowest BCUT2D eigenvalue weighted by molar-refractivity contribution is 0.1000. The molecule has 11 heteroatoms. The van der Waals surface area contributed by atoms with Gasteiger partial charge in [0.15, 0.2) is 11.6 Å². The van der Waals surface area contributed by atoms with Gasteiger partial charge in [0.2, 0.25) is 11.7 Å². The Kier molecular flexibility index (Phi) is 7.46. The summed E-state index contributed by atoms with van der Waals surface area (Å²) < 4.78 is 41.2. The number of carbonyl (C=O) groups excluding carboxylic acids is 1. The van der Waals surface area contributed by atoms with Gasteiger partial charge in [-0.25, -0.2) is 18.4 Å². The van der Waals surface area contributed by atoms with Gasteiger partial charge in [-0.1, -0.05) is 12.1 Å². The molecule has 3 N–H and O–H groups in total. The van der Waals surface area contributed by atoms with E-state index in [0.29, 0.717) is 38.7 Å². The Bertz CT molecular complexity index is 1750. The van der Waals surface area contributed by atoms with Crippen molar-refractivity contribution in [2.75, 3.05) is 18.9 Å². The van der Waals surface area contributed by atoms with Crippen LogP contribution in [0.5, 0.6) is 11.6 Å². The number of hydrogen-bond acceptors (Lipinski definition) is 7. The Morgan fingerprint density at radius 3 is 2.73 bits per heavy atom. The second-order valence-corrected chi connectivity index (χ2v) is 11.2. The maximum Gasteiger partial charge on any atom is 0.219 e. The third kappa shape index (κ3) is 5.55. The number of aromatic nitrogens is 4. The number of H-pyrrole nitrogens is 1. The standard InChI is InChI=1S/C30H27F2N5O3S/c1-17-10-28(40-27-5-3-2-4-22(27)31)34-15-26(17)37-30(33)21(14-35-37)29(38)25-12-18-11-23(32)19(13-24(18)36-25)16-41-20-6-8-39-9-7-20/h2-5,10-15,20,36H,6-9,16,33H2,1H3. The summed E-state index contributed by atoms with van der Waals surface area (Å²) in [5, 5.41) is 5.37. The van der Waals surface area contributed by atoms with Crippen molar-refractivity contribution in [1.82, 2.24) is 19.7 Å². The van der Waals surface area contributed by atoms with Gasteiger partial charge in [0.1, 0.15) is 11.6 Å². The Morgan fingerprint density at radius 1 is 1.15 bits per heavy atom. The van der Waals surface area contributed by atoms with Gasteiger partial charge in [0.05, 0.1) is 29.3 Å². The number of benzene rings is 2. The van der Waals surface area contributed by atoms with Crippen molar-refractivity contribution in [1.29, 1.82) is 0 Å². The second-order valence-electron chi connectivity index (χ2n) is 9.86. The number of aryl methyl sites for hydroxylation is 1. The van der Waals surface area contributed by atoms with Gasteiger partial charge in [-0.15, -0.1) is 0 Å². The number of nitrogens with two attached hydrogens (primary N) is 1. The summed E-state index contributed by atoms with van der Waals surface area (Å²) in [6.45, 7) is 3.29. The van der Waals surface area contributed by atoms with Crippen LogP contribution in [0.15, 0.2) is 60.9 Å². The van der Waals surface area contributed by atoms with E-state index in [4.69, 9.17) is 15.2 Å². The van der Waals surface area contributed by atoms with E-state index in [1.54, 1.807) is 49.0 Å². The molecule has 1 fully saturated rings. The van der Waals surface area contributed by atoms with E-state index >= 15 is 0 Å². The SMILES string of the molecule is Cc1cc(Oc2ccccc2F)ncc1-n1ncc(C(=O)c2cc3cc(F)c(CSC4CCOCC4)cc3[nH]2)c1N. The maximum absolute atomic E-state index is 14.9. The number of anilines is 1. The highest BCUT2D eigenvalue weighted by Crippen LogP contribution is 2.30. The zero-order valence-electron chi connectivity index (χ0n) is 22.2. The molecule has 0 bridgehead atoms. The number of ketones is 1. The molecule has 0 unspecified atom stereocenters. The van der Waals surface area contributed by atoms with E-state index in [2.05, 4.69) is 15.1 Å². The number of halogens is 2. The van der Waals surface area contributed by atoms with Crippen LogP contribution >= 0.6 is 11.8 Å². The number of hydrogen-bond donors (Lipinski definition) is 2. The average molecular weight is 576 g/mol. The summed E-state index contributed by atoms with van der Waals surface area (Å²) in [5.41, 5.74) is 9.34. The van der Waals surface area contributed by atoms with E-state index in [9.17, 15) is 13.6 Å². The first kappa shape index (κ1) is 27.0. The van der Waals surface area contributed by atoms with Crippen LogP contribution < -0.4 is 10.5 Å². The summed E-state index contributed by atoms with van der Waals surface area (Å²) in [6, 6.07) is 12.5.